The molecule has 0 aliphatic heterocycles. The quantitative estimate of drug-likeness (QED) is 0.256. The average Bonchev–Trinajstić information content (AvgIpc) is 3.11. The molecular weight excluding hydrogens is 374 g/mol. The lowest BCUT2D eigenvalue weighted by Crippen LogP contribution is -2.24. The van der Waals surface area contributed by atoms with Gasteiger partial charge in [0.1, 0.15) is 11.5 Å². The van der Waals surface area contributed by atoms with Gasteiger partial charge in [0, 0.05) is 25.5 Å². The number of nitrogens with one attached hydrogen (secondary N) is 1. The zero-order valence-electron chi connectivity index (χ0n) is 18.3. The van der Waals surface area contributed by atoms with E-state index in [2.05, 4.69) is 0 Å². The lowest BCUT2D eigenvalue weighted by molar-refractivity contribution is 0.216. The molecule has 0 aliphatic rings. The Labute approximate surface area is 180 Å². The van der Waals surface area contributed by atoms with E-state index in [0.29, 0.717) is 18.8 Å². The number of hydrogen-bond donors (Lipinski definition) is 1. The number of allylic oxidation sites excluding steroid dienone is 5. The van der Waals surface area contributed by atoms with Crippen molar-refractivity contribution in [2.45, 2.75) is 52.6 Å². The van der Waals surface area contributed by atoms with Gasteiger partial charge in [-0.3, -0.25) is 5.41 Å². The highest BCUT2D eigenvalue weighted by molar-refractivity contribution is 5.20. The molecule has 0 aliphatic carbocycles. The third-order valence-electron chi connectivity index (χ3n) is 4.62. The molecule has 5 nitrogen and oxygen atoms in total. The van der Waals surface area contributed by atoms with Gasteiger partial charge < -0.3 is 18.6 Å². The van der Waals surface area contributed by atoms with Crippen molar-refractivity contribution in [2.75, 3.05) is 13.2 Å². The van der Waals surface area contributed by atoms with Crippen LogP contribution in [-0.4, -0.2) is 22.3 Å². The smallest absolute Gasteiger partial charge is 0.202 e. The van der Waals surface area contributed by atoms with Crippen molar-refractivity contribution in [1.29, 1.82) is 5.41 Å². The fourth-order valence-electron chi connectivity index (χ4n) is 3.00. The summed E-state index contributed by atoms with van der Waals surface area (Å²) in [4.78, 5) is 0. The number of benzene rings is 1. The molecule has 0 spiro atoms. The second-order valence-electron chi connectivity index (χ2n) is 7.03. The maximum atomic E-state index is 8.36. The molecule has 0 fully saturated rings. The van der Waals surface area contributed by atoms with E-state index >= 15 is 0 Å². The third kappa shape index (κ3) is 8.60. The third-order valence-corrected chi connectivity index (χ3v) is 4.62. The Morgan fingerprint density at radius 1 is 0.900 bits per heavy atom. The van der Waals surface area contributed by atoms with E-state index in [0.717, 1.165) is 50.3 Å². The largest absolute Gasteiger partial charge is 0.494 e. The van der Waals surface area contributed by atoms with Crippen LogP contribution in [0.15, 0.2) is 78.9 Å². The van der Waals surface area contributed by atoms with Gasteiger partial charge >= 0.3 is 0 Å². The molecule has 0 unspecified atom stereocenters. The first-order chi connectivity index (χ1) is 14.7. The van der Waals surface area contributed by atoms with Gasteiger partial charge in [-0.15, -0.1) is 0 Å². The number of unbranched alkanes of at least 4 members (excludes halogenated alkanes) is 2. The van der Waals surface area contributed by atoms with E-state index < -0.39 is 0 Å². The minimum Gasteiger partial charge on any atom is -0.494 e. The molecule has 0 atom stereocenters. The van der Waals surface area contributed by atoms with Gasteiger partial charge in [-0.2, -0.15) is 0 Å². The normalized spacial score (nSPS) is 12.1. The highest BCUT2D eigenvalue weighted by atomic mass is 16.5. The van der Waals surface area contributed by atoms with Crippen LogP contribution in [0.5, 0.6) is 5.75 Å². The molecular formula is C25H35N3O2. The van der Waals surface area contributed by atoms with E-state index in [1.807, 2.05) is 96.1 Å². The number of ether oxygens (including phenoxy) is 2. The number of nitrogens with zero attached hydrogens (tertiary/aromatic N) is 2. The van der Waals surface area contributed by atoms with E-state index in [9.17, 15) is 0 Å². The summed E-state index contributed by atoms with van der Waals surface area (Å²) in [6.45, 7) is 7.05. The summed E-state index contributed by atoms with van der Waals surface area (Å²) >= 11 is 0. The molecule has 0 amide bonds. The van der Waals surface area contributed by atoms with Crippen LogP contribution in [0.1, 0.15) is 39.5 Å². The SMILES string of the molecule is C\C=C/C(=C\C=C\C)OCCCCn1ccn(CCCCOc2ccccc2)c1=N. The molecule has 1 aromatic heterocycles. The fraction of sp³-hybridized carbons (Fsp3) is 0.400. The molecule has 2 rings (SSSR count). The fourth-order valence-corrected chi connectivity index (χ4v) is 3.00. The number of rotatable bonds is 14. The predicted molar refractivity (Wildman–Crippen MR) is 122 cm³/mol. The van der Waals surface area contributed by atoms with Crippen molar-refractivity contribution < 1.29 is 9.47 Å². The molecule has 0 saturated carbocycles. The van der Waals surface area contributed by atoms with Crippen LogP contribution in [0.2, 0.25) is 0 Å². The van der Waals surface area contributed by atoms with Gasteiger partial charge in [0.15, 0.2) is 0 Å². The van der Waals surface area contributed by atoms with Gasteiger partial charge in [-0.05, 0) is 63.8 Å². The van der Waals surface area contributed by atoms with Crippen LogP contribution in [0, 0.1) is 5.41 Å². The molecule has 1 heterocycles. The Kier molecular flexibility index (Phi) is 11.0. The van der Waals surface area contributed by atoms with Crippen LogP contribution in [0.25, 0.3) is 0 Å². The topological polar surface area (TPSA) is 52.2 Å². The molecule has 0 saturated heterocycles. The second kappa shape index (κ2) is 14.1. The number of aromatic nitrogens is 2. The number of imidazole rings is 1. The van der Waals surface area contributed by atoms with Crippen molar-refractivity contribution >= 4 is 0 Å². The Morgan fingerprint density at radius 3 is 2.20 bits per heavy atom. The van der Waals surface area contributed by atoms with Gasteiger partial charge in [-0.25, -0.2) is 0 Å². The summed E-state index contributed by atoms with van der Waals surface area (Å²) in [5, 5.41) is 8.36. The van der Waals surface area contributed by atoms with Crippen LogP contribution in [-0.2, 0) is 17.8 Å². The van der Waals surface area contributed by atoms with Gasteiger partial charge in [-0.1, -0.05) is 36.4 Å². The van der Waals surface area contributed by atoms with E-state index in [4.69, 9.17) is 14.9 Å². The first-order valence-corrected chi connectivity index (χ1v) is 10.8. The number of hydrogen-bond acceptors (Lipinski definition) is 3. The maximum Gasteiger partial charge on any atom is 0.202 e. The zero-order chi connectivity index (χ0) is 21.4. The predicted octanol–water partition coefficient (Wildman–Crippen LogP) is 5.46. The number of aryl methyl sites for hydroxylation is 2. The van der Waals surface area contributed by atoms with E-state index in [-0.39, 0.29) is 0 Å². The van der Waals surface area contributed by atoms with Gasteiger partial charge in [0.25, 0.3) is 0 Å². The summed E-state index contributed by atoms with van der Waals surface area (Å²) in [6, 6.07) is 9.89. The summed E-state index contributed by atoms with van der Waals surface area (Å²) in [6.07, 6.45) is 17.8. The first kappa shape index (κ1) is 23.3. The van der Waals surface area contributed by atoms with Crippen molar-refractivity contribution in [2.24, 2.45) is 0 Å². The summed E-state index contributed by atoms with van der Waals surface area (Å²) < 4.78 is 15.5. The van der Waals surface area contributed by atoms with Crippen LogP contribution in [0.3, 0.4) is 0 Å². The van der Waals surface area contributed by atoms with Crippen LogP contribution >= 0.6 is 0 Å². The summed E-state index contributed by atoms with van der Waals surface area (Å²) in [5.74, 6) is 1.79. The summed E-state index contributed by atoms with van der Waals surface area (Å²) in [7, 11) is 0. The van der Waals surface area contributed by atoms with E-state index in [1.54, 1.807) is 0 Å². The minimum atomic E-state index is 0.558. The van der Waals surface area contributed by atoms with E-state index in [1.165, 1.54) is 0 Å². The Morgan fingerprint density at radius 2 is 1.57 bits per heavy atom. The van der Waals surface area contributed by atoms with Crippen molar-refractivity contribution in [3.05, 3.63) is 84.5 Å². The Hall–Kier alpha value is -2.95. The standard InChI is InChI=1S/C25H35N3O2/c1-3-5-14-23(13-4-2)29-21-11-9-17-27-19-20-28(25(27)26)18-10-12-22-30-24-15-7-6-8-16-24/h3-8,13-16,19-20,26H,9-12,17-18,21-22H2,1-2H3/b5-3+,13-4-,23-14+,26-25?. The lowest BCUT2D eigenvalue weighted by Gasteiger charge is -2.08. The minimum absolute atomic E-state index is 0.558. The van der Waals surface area contributed by atoms with Gasteiger partial charge in [0.2, 0.25) is 5.62 Å². The van der Waals surface area contributed by atoms with Crippen molar-refractivity contribution in [3.63, 3.8) is 0 Å². The molecule has 30 heavy (non-hydrogen) atoms. The zero-order valence-corrected chi connectivity index (χ0v) is 18.3. The average molecular weight is 410 g/mol. The van der Waals surface area contributed by atoms with Crippen molar-refractivity contribution in [1.82, 2.24) is 9.13 Å². The molecule has 1 aromatic carbocycles. The summed E-state index contributed by atoms with van der Waals surface area (Å²) in [5.41, 5.74) is 0.558. The Balaban J connectivity index is 1.64. The number of para-hydroxylation sites is 1. The molecule has 2 aromatic rings. The monoisotopic (exact) mass is 409 g/mol. The van der Waals surface area contributed by atoms with Crippen LogP contribution in [0.4, 0.5) is 0 Å². The highest BCUT2D eigenvalue weighted by Gasteiger charge is 2.01. The molecule has 0 radical (unpaired) electrons. The molecule has 5 heteroatoms. The molecule has 1 N–H and O–H groups in total. The maximum absolute atomic E-state index is 8.36. The van der Waals surface area contributed by atoms with Crippen molar-refractivity contribution in [3.8, 4) is 5.75 Å². The molecule has 162 valence electrons. The van der Waals surface area contributed by atoms with Crippen LogP contribution < -0.4 is 10.4 Å². The highest BCUT2D eigenvalue weighted by Crippen LogP contribution is 2.09. The second-order valence-corrected chi connectivity index (χ2v) is 7.03. The van der Waals surface area contributed by atoms with Gasteiger partial charge in [0.05, 0.1) is 13.2 Å². The molecule has 0 bridgehead atoms. The first-order valence-electron chi connectivity index (χ1n) is 10.8. The lowest BCUT2D eigenvalue weighted by atomic mass is 10.3. The Bertz CT molecular complexity index is 860.